The molecule has 98 valence electrons. The summed E-state index contributed by atoms with van der Waals surface area (Å²) in [4.78, 5) is 11.0. The lowest BCUT2D eigenvalue weighted by molar-refractivity contribution is -0.157. The molecule has 1 atom stereocenters. The average Bonchev–Trinajstić information content (AvgIpc) is 2.40. The Morgan fingerprint density at radius 3 is 2.32 bits per heavy atom. The molecule has 0 saturated carbocycles. The predicted octanol–water partition coefficient (Wildman–Crippen LogP) is 2.57. The largest absolute Gasteiger partial charge is 0.479 e. The van der Waals surface area contributed by atoms with Gasteiger partial charge in [-0.05, 0) is 30.0 Å². The smallest absolute Gasteiger partial charge is 0.340 e. The summed E-state index contributed by atoms with van der Waals surface area (Å²) in [5, 5.41) is 19.0. The third-order valence-corrected chi connectivity index (χ3v) is 3.16. The second kappa shape index (κ2) is 5.24. The van der Waals surface area contributed by atoms with Crippen LogP contribution in [0.3, 0.4) is 0 Å². The number of carbonyl (C=O) groups is 1. The second-order valence-electron chi connectivity index (χ2n) is 4.74. The molecule has 0 saturated heterocycles. The van der Waals surface area contributed by atoms with Gasteiger partial charge in [0.25, 0.3) is 0 Å². The molecule has 19 heavy (non-hydrogen) atoms. The lowest BCUT2D eigenvalue weighted by Crippen LogP contribution is -2.31. The number of aliphatic hydroxyl groups is 1. The Balaban J connectivity index is 2.28. The molecule has 2 aromatic carbocycles. The van der Waals surface area contributed by atoms with Crippen molar-refractivity contribution in [3.63, 3.8) is 0 Å². The van der Waals surface area contributed by atoms with Crippen LogP contribution in [0.25, 0.3) is 0 Å². The Hall–Kier alpha value is -2.13. The zero-order valence-electron chi connectivity index (χ0n) is 10.7. The number of rotatable bonds is 4. The molecule has 0 aliphatic heterocycles. The summed E-state index contributed by atoms with van der Waals surface area (Å²) in [6.07, 6.45) is 0.713. The number of carboxylic acid groups (broad SMARTS) is 1. The molecular weight excluding hydrogens is 240 g/mol. The van der Waals surface area contributed by atoms with Gasteiger partial charge < -0.3 is 10.2 Å². The van der Waals surface area contributed by atoms with Crippen molar-refractivity contribution in [2.24, 2.45) is 0 Å². The van der Waals surface area contributed by atoms with Crippen molar-refractivity contribution in [2.45, 2.75) is 18.9 Å². The van der Waals surface area contributed by atoms with Gasteiger partial charge in [-0.2, -0.15) is 0 Å². The molecule has 1 unspecified atom stereocenters. The first-order chi connectivity index (χ1) is 9.00. The van der Waals surface area contributed by atoms with Crippen LogP contribution in [0.5, 0.6) is 0 Å². The minimum Gasteiger partial charge on any atom is -0.479 e. The summed E-state index contributed by atoms with van der Waals surface area (Å²) in [6, 6.07) is 17.0. The van der Waals surface area contributed by atoms with Crippen molar-refractivity contribution < 1.29 is 15.0 Å². The van der Waals surface area contributed by atoms with E-state index in [1.54, 1.807) is 18.2 Å². The van der Waals surface area contributed by atoms with E-state index in [2.05, 4.69) is 0 Å². The van der Waals surface area contributed by atoms with Gasteiger partial charge >= 0.3 is 5.97 Å². The summed E-state index contributed by atoms with van der Waals surface area (Å²) in [7, 11) is 0. The van der Waals surface area contributed by atoms with Crippen LogP contribution in [0.4, 0.5) is 0 Å². The Labute approximate surface area is 112 Å². The summed E-state index contributed by atoms with van der Waals surface area (Å²) < 4.78 is 0. The Kier molecular flexibility index (Phi) is 3.67. The first-order valence-electron chi connectivity index (χ1n) is 6.09. The molecule has 2 N–H and O–H groups in total. The van der Waals surface area contributed by atoms with Crippen molar-refractivity contribution in [3.05, 3.63) is 71.3 Å². The highest BCUT2D eigenvalue weighted by Gasteiger charge is 2.32. The van der Waals surface area contributed by atoms with Crippen LogP contribution in [-0.2, 0) is 16.8 Å². The quantitative estimate of drug-likeness (QED) is 0.884. The van der Waals surface area contributed by atoms with Gasteiger partial charge in [0.15, 0.2) is 5.60 Å². The van der Waals surface area contributed by atoms with Gasteiger partial charge in [-0.25, -0.2) is 4.79 Å². The maximum absolute atomic E-state index is 11.0. The summed E-state index contributed by atoms with van der Waals surface area (Å²) in [6.45, 7) is 1.29. The van der Waals surface area contributed by atoms with Crippen molar-refractivity contribution in [1.82, 2.24) is 0 Å². The zero-order valence-corrected chi connectivity index (χ0v) is 10.7. The summed E-state index contributed by atoms with van der Waals surface area (Å²) in [5.41, 5.74) is 0.667. The number of hydrogen-bond acceptors (Lipinski definition) is 2. The number of hydrogen-bond donors (Lipinski definition) is 2. The van der Waals surface area contributed by atoms with Gasteiger partial charge in [0.05, 0.1) is 0 Å². The molecule has 2 aromatic rings. The Morgan fingerprint density at radius 1 is 1.05 bits per heavy atom. The normalized spacial score (nSPS) is 13.8. The Morgan fingerprint density at radius 2 is 1.68 bits per heavy atom. The minimum absolute atomic E-state index is 0.397. The second-order valence-corrected chi connectivity index (χ2v) is 4.74. The predicted molar refractivity (Wildman–Crippen MR) is 72.9 cm³/mol. The highest BCUT2D eigenvalue weighted by Crippen LogP contribution is 2.22. The minimum atomic E-state index is -1.85. The van der Waals surface area contributed by atoms with E-state index in [4.69, 9.17) is 5.11 Å². The van der Waals surface area contributed by atoms with Gasteiger partial charge in [0.1, 0.15) is 0 Å². The van der Waals surface area contributed by atoms with Crippen molar-refractivity contribution >= 4 is 5.97 Å². The molecule has 0 aliphatic carbocycles. The first kappa shape index (κ1) is 13.3. The topological polar surface area (TPSA) is 57.5 Å². The lowest BCUT2D eigenvalue weighted by Gasteiger charge is -2.19. The molecule has 0 radical (unpaired) electrons. The first-order valence-corrected chi connectivity index (χ1v) is 6.09. The Bertz CT molecular complexity index is 574. The molecular formula is C16H16O3. The van der Waals surface area contributed by atoms with Gasteiger partial charge in [-0.1, -0.05) is 54.6 Å². The van der Waals surface area contributed by atoms with Crippen molar-refractivity contribution in [3.8, 4) is 0 Å². The van der Waals surface area contributed by atoms with Crippen LogP contribution < -0.4 is 0 Å². The van der Waals surface area contributed by atoms with E-state index in [1.807, 2.05) is 36.4 Å². The maximum atomic E-state index is 11.0. The van der Waals surface area contributed by atoms with E-state index < -0.39 is 11.6 Å². The zero-order chi connectivity index (χ0) is 13.9. The van der Waals surface area contributed by atoms with Crippen LogP contribution in [0.2, 0.25) is 0 Å². The molecule has 3 heteroatoms. The van der Waals surface area contributed by atoms with E-state index in [1.165, 1.54) is 6.92 Å². The van der Waals surface area contributed by atoms with Gasteiger partial charge in [0.2, 0.25) is 0 Å². The lowest BCUT2D eigenvalue weighted by atomic mass is 9.93. The van der Waals surface area contributed by atoms with Crippen LogP contribution in [0, 0.1) is 0 Å². The highest BCUT2D eigenvalue weighted by molar-refractivity contribution is 5.78. The van der Waals surface area contributed by atoms with Crippen molar-refractivity contribution in [1.29, 1.82) is 0 Å². The fraction of sp³-hybridized carbons (Fsp3) is 0.188. The molecule has 0 fully saturated rings. The molecule has 3 nitrogen and oxygen atoms in total. The summed E-state index contributed by atoms with van der Waals surface area (Å²) >= 11 is 0. The van der Waals surface area contributed by atoms with E-state index in [0.29, 0.717) is 12.0 Å². The van der Waals surface area contributed by atoms with Crippen LogP contribution in [0.1, 0.15) is 23.6 Å². The molecule has 0 bridgehead atoms. The van der Waals surface area contributed by atoms with Crippen molar-refractivity contribution in [2.75, 3.05) is 0 Å². The number of carboxylic acids is 1. The molecule has 0 amide bonds. The fourth-order valence-electron chi connectivity index (χ4n) is 1.94. The molecule has 0 spiro atoms. The standard InChI is InChI=1S/C16H16O3/c1-16(19,15(17)18)14-9-5-8-13(11-14)10-12-6-3-2-4-7-12/h2-9,11,19H,10H2,1H3,(H,17,18). The van der Waals surface area contributed by atoms with Crippen LogP contribution in [0.15, 0.2) is 54.6 Å². The maximum Gasteiger partial charge on any atom is 0.340 e. The summed E-state index contributed by atoms with van der Waals surface area (Å²) in [5.74, 6) is -1.25. The molecule has 0 heterocycles. The molecule has 0 aliphatic rings. The van der Waals surface area contributed by atoms with Crippen LogP contribution >= 0.6 is 0 Å². The third-order valence-electron chi connectivity index (χ3n) is 3.16. The third kappa shape index (κ3) is 3.01. The average molecular weight is 256 g/mol. The van der Waals surface area contributed by atoms with Gasteiger partial charge in [-0.15, -0.1) is 0 Å². The van der Waals surface area contributed by atoms with E-state index >= 15 is 0 Å². The fourth-order valence-corrected chi connectivity index (χ4v) is 1.94. The molecule has 0 aromatic heterocycles. The SMILES string of the molecule is CC(O)(C(=O)O)c1cccc(Cc2ccccc2)c1. The van der Waals surface area contributed by atoms with Gasteiger partial charge in [-0.3, -0.25) is 0 Å². The van der Waals surface area contributed by atoms with E-state index in [9.17, 15) is 9.90 Å². The highest BCUT2D eigenvalue weighted by atomic mass is 16.4. The van der Waals surface area contributed by atoms with Gasteiger partial charge in [0, 0.05) is 0 Å². The molecule has 2 rings (SSSR count). The van der Waals surface area contributed by atoms with Crippen LogP contribution in [-0.4, -0.2) is 16.2 Å². The monoisotopic (exact) mass is 256 g/mol. The van der Waals surface area contributed by atoms with E-state index in [-0.39, 0.29) is 0 Å². The number of benzene rings is 2. The number of aliphatic carboxylic acids is 1. The van der Waals surface area contributed by atoms with E-state index in [0.717, 1.165) is 11.1 Å².